The molecule has 9 aromatic rings. The third kappa shape index (κ3) is 8.09. The van der Waals surface area contributed by atoms with Crippen molar-refractivity contribution >= 4 is 44.2 Å². The predicted octanol–water partition coefficient (Wildman–Crippen LogP) is 9.91. The van der Waals surface area contributed by atoms with Crippen LogP contribution in [-0.2, 0) is 19.5 Å². The molecule has 0 radical (unpaired) electrons. The summed E-state index contributed by atoms with van der Waals surface area (Å²) in [5, 5.41) is 4.14. The normalized spacial score (nSPS) is 10.6. The summed E-state index contributed by atoms with van der Waals surface area (Å²) in [6.45, 7) is 7.94. The van der Waals surface area contributed by atoms with Crippen LogP contribution < -0.4 is 0 Å². The Balaban J connectivity index is 0.000000137. The summed E-state index contributed by atoms with van der Waals surface area (Å²) in [6.07, 6.45) is 3.61. The first-order chi connectivity index (χ1) is 24.4. The number of thiophene rings is 1. The van der Waals surface area contributed by atoms with E-state index < -0.39 is 0 Å². The molecule has 10 heteroatoms. The number of imidazole rings is 1. The van der Waals surface area contributed by atoms with Crippen LogP contribution >= 0.6 is 11.3 Å². The number of nitrogens with zero attached hydrogens (tertiary/aromatic N) is 7. The van der Waals surface area contributed by atoms with Crippen molar-refractivity contribution in [2.45, 2.75) is 27.7 Å². The molecule has 0 unspecified atom stereocenters. The Morgan fingerprint density at radius 1 is 0.451 bits per heavy atom. The van der Waals surface area contributed by atoms with Crippen LogP contribution in [0.5, 0.6) is 0 Å². The minimum absolute atomic E-state index is 0. The van der Waals surface area contributed by atoms with Crippen LogP contribution in [0.3, 0.4) is 0 Å². The van der Waals surface area contributed by atoms with Gasteiger partial charge in [-0.15, -0.1) is 11.3 Å². The van der Waals surface area contributed by atoms with Gasteiger partial charge in [0.2, 0.25) is 0 Å². The van der Waals surface area contributed by atoms with Crippen LogP contribution in [-0.4, -0.2) is 39.9 Å². The first kappa shape index (κ1) is 35.3. The van der Waals surface area contributed by atoms with Gasteiger partial charge in [0.25, 0.3) is 0 Å². The van der Waals surface area contributed by atoms with Gasteiger partial charge in [0.05, 0.1) is 49.7 Å². The molecule has 9 rings (SSSR count). The van der Waals surface area contributed by atoms with Gasteiger partial charge in [-0.05, 0) is 112 Å². The Morgan fingerprint density at radius 3 is 1.33 bits per heavy atom. The predicted molar refractivity (Wildman–Crippen MR) is 204 cm³/mol. The molecule has 1 aromatic carbocycles. The van der Waals surface area contributed by atoms with E-state index in [4.69, 9.17) is 4.98 Å². The fourth-order valence-electron chi connectivity index (χ4n) is 5.62. The SMILES string of the molecule is Cc1cccc(-c2cccc(C)n2)n1.Cc1cccc(-c2cccc(C)n2)n1.[Ru].c1csc(-c2nc3c4cccnc4c4ncccc4c3[nH]2)c1. The zero-order valence-corrected chi connectivity index (χ0v) is 31.1. The van der Waals surface area contributed by atoms with Crippen molar-refractivity contribution in [2.24, 2.45) is 0 Å². The minimum Gasteiger partial charge on any atom is -0.337 e. The van der Waals surface area contributed by atoms with E-state index in [0.29, 0.717) is 0 Å². The van der Waals surface area contributed by atoms with Crippen LogP contribution in [0.15, 0.2) is 127 Å². The number of H-pyrrole nitrogens is 1. The summed E-state index contributed by atoms with van der Waals surface area (Å²) in [5.74, 6) is 0.895. The maximum Gasteiger partial charge on any atom is 0.148 e. The summed E-state index contributed by atoms with van der Waals surface area (Å²) >= 11 is 1.68. The second-order valence-electron chi connectivity index (χ2n) is 11.7. The second kappa shape index (κ2) is 16.0. The molecule has 8 nitrogen and oxygen atoms in total. The first-order valence-corrected chi connectivity index (χ1v) is 17.1. The van der Waals surface area contributed by atoms with E-state index in [0.717, 1.165) is 89.1 Å². The van der Waals surface area contributed by atoms with Gasteiger partial charge < -0.3 is 4.98 Å². The van der Waals surface area contributed by atoms with Crippen molar-refractivity contribution in [1.29, 1.82) is 0 Å². The summed E-state index contributed by atoms with van der Waals surface area (Å²) in [6, 6.07) is 36.0. The molecule has 8 aromatic heterocycles. The third-order valence-corrected chi connectivity index (χ3v) is 8.78. The van der Waals surface area contributed by atoms with E-state index >= 15 is 0 Å². The van der Waals surface area contributed by atoms with Gasteiger partial charge in [-0.1, -0.05) is 30.3 Å². The molecule has 0 aliphatic carbocycles. The number of pyridine rings is 6. The summed E-state index contributed by atoms with van der Waals surface area (Å²) in [7, 11) is 0. The molecule has 0 bridgehead atoms. The van der Waals surface area contributed by atoms with Crippen LogP contribution in [0.2, 0.25) is 0 Å². The molecule has 51 heavy (non-hydrogen) atoms. The maximum absolute atomic E-state index is 4.82. The van der Waals surface area contributed by atoms with Crippen molar-refractivity contribution < 1.29 is 19.5 Å². The fraction of sp³-hybridized carbons (Fsp3) is 0.0976. The second-order valence-corrected chi connectivity index (χ2v) is 12.7. The molecule has 0 saturated heterocycles. The number of aromatic nitrogens is 8. The van der Waals surface area contributed by atoms with E-state index in [1.807, 2.05) is 119 Å². The Kier molecular flexibility index (Phi) is 11.0. The molecule has 0 spiro atoms. The number of benzene rings is 1. The van der Waals surface area contributed by atoms with E-state index in [-0.39, 0.29) is 19.5 Å². The monoisotopic (exact) mass is 772 g/mol. The largest absolute Gasteiger partial charge is 0.337 e. The Labute approximate surface area is 313 Å². The minimum atomic E-state index is 0. The smallest absolute Gasteiger partial charge is 0.148 e. The van der Waals surface area contributed by atoms with Crippen LogP contribution in [0.25, 0.3) is 66.3 Å². The molecule has 0 atom stereocenters. The maximum atomic E-state index is 4.82. The van der Waals surface area contributed by atoms with Crippen LogP contribution in [0.4, 0.5) is 0 Å². The molecule has 0 amide bonds. The Morgan fingerprint density at radius 2 is 0.902 bits per heavy atom. The van der Waals surface area contributed by atoms with Gasteiger partial charge in [-0.25, -0.2) is 4.98 Å². The van der Waals surface area contributed by atoms with Crippen molar-refractivity contribution in [3.05, 3.63) is 150 Å². The molecular formula is C41H34N8RuS. The van der Waals surface area contributed by atoms with Crippen molar-refractivity contribution in [3.8, 4) is 33.5 Å². The molecule has 252 valence electrons. The average molecular weight is 772 g/mol. The number of aromatic amines is 1. The zero-order valence-electron chi connectivity index (χ0n) is 28.5. The molecule has 8 heterocycles. The van der Waals surface area contributed by atoms with Gasteiger partial charge in [0.15, 0.2) is 0 Å². The van der Waals surface area contributed by atoms with Gasteiger partial charge in [0, 0.05) is 65.4 Å². The van der Waals surface area contributed by atoms with Crippen molar-refractivity contribution in [3.63, 3.8) is 0 Å². The number of rotatable bonds is 3. The van der Waals surface area contributed by atoms with E-state index in [1.165, 1.54) is 0 Å². The number of hydrogen-bond donors (Lipinski definition) is 1. The topological polar surface area (TPSA) is 106 Å². The summed E-state index contributed by atoms with van der Waals surface area (Å²) < 4.78 is 0. The van der Waals surface area contributed by atoms with E-state index in [2.05, 4.69) is 58.5 Å². The number of fused-ring (bicyclic) bond motifs is 6. The van der Waals surface area contributed by atoms with Gasteiger partial charge in [-0.2, -0.15) is 0 Å². The van der Waals surface area contributed by atoms with Gasteiger partial charge in [-0.3, -0.25) is 29.9 Å². The number of hydrogen-bond acceptors (Lipinski definition) is 8. The van der Waals surface area contributed by atoms with E-state index in [9.17, 15) is 0 Å². The Hall–Kier alpha value is -5.57. The fourth-order valence-corrected chi connectivity index (χ4v) is 6.29. The van der Waals surface area contributed by atoms with Gasteiger partial charge in [0.1, 0.15) is 5.82 Å². The molecule has 1 N–H and O–H groups in total. The quantitative estimate of drug-likeness (QED) is 0.141. The number of nitrogens with one attached hydrogen (secondary N) is 1. The van der Waals surface area contributed by atoms with E-state index in [1.54, 1.807) is 23.7 Å². The molecular weight excluding hydrogens is 738 g/mol. The summed E-state index contributed by atoms with van der Waals surface area (Å²) in [5.41, 5.74) is 11.6. The molecule has 0 saturated carbocycles. The van der Waals surface area contributed by atoms with Crippen molar-refractivity contribution in [2.75, 3.05) is 0 Å². The van der Waals surface area contributed by atoms with Gasteiger partial charge >= 0.3 is 0 Å². The van der Waals surface area contributed by atoms with Crippen LogP contribution in [0.1, 0.15) is 22.8 Å². The molecule has 0 aliphatic rings. The molecule has 0 aliphatic heterocycles. The van der Waals surface area contributed by atoms with Crippen LogP contribution in [0, 0.1) is 27.7 Å². The van der Waals surface area contributed by atoms with Crippen molar-refractivity contribution in [1.82, 2.24) is 39.9 Å². The standard InChI is InChI=1S/C17H10N4S.2C12H12N2.Ru/c1-4-10-13(18-7-1)14-11(5-2-8-19-14)16-15(10)20-17(21-16)12-6-3-9-22-12;2*1-9-5-3-7-11(13-9)12-8-4-6-10(2)14-12;/h1-9H,(H,20,21);2*3-8H,1-2H3;. The molecule has 0 fully saturated rings. The number of aryl methyl sites for hydroxylation is 4. The zero-order chi connectivity index (χ0) is 34.5. The summed E-state index contributed by atoms with van der Waals surface area (Å²) in [4.78, 5) is 36.1. The Bertz CT molecular complexity index is 2320. The third-order valence-electron chi connectivity index (χ3n) is 7.90. The first-order valence-electron chi connectivity index (χ1n) is 16.2. The average Bonchev–Trinajstić information content (AvgIpc) is 3.84.